The van der Waals surface area contributed by atoms with Crippen LogP contribution in [0.15, 0.2) is 34.8 Å². The standard InChI is InChI=1S/C16H18BrNO5/c1-3-22-16(19)7-5-12-10(2)23-15-6-4-11(17)8-13(15)14(12)9-18(20)21/h4-8,10,12,14H,3,9H2,1-2H3/b7-5+/t10-,12-,14+/m0/s1. The van der Waals surface area contributed by atoms with E-state index in [1.165, 1.54) is 6.08 Å². The maximum absolute atomic E-state index is 11.5. The highest BCUT2D eigenvalue weighted by atomic mass is 79.9. The van der Waals surface area contributed by atoms with E-state index < -0.39 is 5.97 Å². The highest BCUT2D eigenvalue weighted by Gasteiger charge is 2.37. The zero-order chi connectivity index (χ0) is 17.0. The lowest BCUT2D eigenvalue weighted by Crippen LogP contribution is -2.36. The van der Waals surface area contributed by atoms with Crippen LogP contribution < -0.4 is 4.74 Å². The molecule has 0 N–H and O–H groups in total. The normalized spacial score (nSPS) is 23.2. The van der Waals surface area contributed by atoms with Crippen LogP contribution in [0, 0.1) is 16.0 Å². The summed E-state index contributed by atoms with van der Waals surface area (Å²) in [5, 5.41) is 11.1. The van der Waals surface area contributed by atoms with Crippen LogP contribution in [-0.4, -0.2) is 30.1 Å². The molecule has 1 aromatic rings. The maximum Gasteiger partial charge on any atom is 0.330 e. The third kappa shape index (κ3) is 4.31. The van der Waals surface area contributed by atoms with Gasteiger partial charge in [-0.25, -0.2) is 4.79 Å². The van der Waals surface area contributed by atoms with E-state index in [0.29, 0.717) is 5.75 Å². The summed E-state index contributed by atoms with van der Waals surface area (Å²) in [6.07, 6.45) is 2.70. The van der Waals surface area contributed by atoms with Gasteiger partial charge in [-0.3, -0.25) is 10.1 Å². The van der Waals surface area contributed by atoms with Crippen molar-refractivity contribution in [2.45, 2.75) is 25.9 Å². The minimum absolute atomic E-state index is 0.227. The van der Waals surface area contributed by atoms with Crippen molar-refractivity contribution in [3.05, 3.63) is 50.5 Å². The molecule has 23 heavy (non-hydrogen) atoms. The van der Waals surface area contributed by atoms with Crippen molar-refractivity contribution in [3.8, 4) is 5.75 Å². The number of benzene rings is 1. The summed E-state index contributed by atoms with van der Waals surface area (Å²) in [7, 11) is 0. The van der Waals surface area contributed by atoms with Crippen LogP contribution in [-0.2, 0) is 9.53 Å². The Morgan fingerprint density at radius 3 is 2.91 bits per heavy atom. The number of ether oxygens (including phenoxy) is 2. The number of fused-ring (bicyclic) bond motifs is 1. The Bertz CT molecular complexity index is 631. The van der Waals surface area contributed by atoms with Crippen molar-refractivity contribution in [2.24, 2.45) is 5.92 Å². The van der Waals surface area contributed by atoms with Gasteiger partial charge in [0, 0.05) is 27.0 Å². The molecule has 1 aliphatic rings. The molecule has 0 spiro atoms. The summed E-state index contributed by atoms with van der Waals surface area (Å²) in [6.45, 7) is 3.63. The second-order valence-corrected chi connectivity index (χ2v) is 6.23. The molecule has 0 unspecified atom stereocenters. The average molecular weight is 384 g/mol. The fourth-order valence-corrected chi connectivity index (χ4v) is 3.16. The van der Waals surface area contributed by atoms with Gasteiger partial charge in [0.1, 0.15) is 11.9 Å². The van der Waals surface area contributed by atoms with Gasteiger partial charge >= 0.3 is 5.97 Å². The molecule has 1 heterocycles. The van der Waals surface area contributed by atoms with E-state index in [1.807, 2.05) is 19.1 Å². The third-order valence-corrected chi connectivity index (χ3v) is 4.27. The zero-order valence-electron chi connectivity index (χ0n) is 12.9. The molecule has 7 heteroatoms. The molecule has 0 fully saturated rings. The molecule has 0 radical (unpaired) electrons. The van der Waals surface area contributed by atoms with Crippen LogP contribution >= 0.6 is 15.9 Å². The number of carbonyl (C=O) groups is 1. The molecular weight excluding hydrogens is 366 g/mol. The first kappa shape index (κ1) is 17.5. The number of nitro groups is 1. The Hall–Kier alpha value is -1.89. The van der Waals surface area contributed by atoms with Gasteiger partial charge < -0.3 is 9.47 Å². The maximum atomic E-state index is 11.5. The lowest BCUT2D eigenvalue weighted by molar-refractivity contribution is -0.485. The monoisotopic (exact) mass is 383 g/mol. The molecule has 124 valence electrons. The number of hydrogen-bond acceptors (Lipinski definition) is 5. The van der Waals surface area contributed by atoms with Gasteiger partial charge in [-0.15, -0.1) is 0 Å². The summed E-state index contributed by atoms with van der Waals surface area (Å²) in [4.78, 5) is 22.3. The second kappa shape index (κ2) is 7.59. The van der Waals surface area contributed by atoms with Crippen LogP contribution in [0.4, 0.5) is 0 Å². The van der Waals surface area contributed by atoms with Gasteiger partial charge in [0.05, 0.1) is 12.5 Å². The summed E-state index contributed by atoms with van der Waals surface area (Å²) in [6, 6.07) is 5.47. The molecule has 0 aliphatic carbocycles. The van der Waals surface area contributed by atoms with Gasteiger partial charge in [-0.05, 0) is 32.0 Å². The lowest BCUT2D eigenvalue weighted by atomic mass is 9.80. The van der Waals surface area contributed by atoms with Gasteiger partial charge in [-0.2, -0.15) is 0 Å². The fourth-order valence-electron chi connectivity index (χ4n) is 2.78. The highest BCUT2D eigenvalue weighted by Crippen LogP contribution is 2.42. The van der Waals surface area contributed by atoms with Crippen molar-refractivity contribution >= 4 is 21.9 Å². The van der Waals surface area contributed by atoms with Crippen LogP contribution in [0.25, 0.3) is 0 Å². The molecule has 0 bridgehead atoms. The number of halogens is 1. The van der Waals surface area contributed by atoms with Gasteiger partial charge in [0.2, 0.25) is 6.54 Å². The average Bonchev–Trinajstić information content (AvgIpc) is 2.47. The van der Waals surface area contributed by atoms with Crippen molar-refractivity contribution in [3.63, 3.8) is 0 Å². The van der Waals surface area contributed by atoms with Crippen molar-refractivity contribution in [1.82, 2.24) is 0 Å². The molecular formula is C16H18BrNO5. The summed E-state index contributed by atoms with van der Waals surface area (Å²) < 4.78 is 11.6. The summed E-state index contributed by atoms with van der Waals surface area (Å²) in [5.74, 6) is -0.466. The second-order valence-electron chi connectivity index (χ2n) is 5.32. The molecule has 3 atom stereocenters. The van der Waals surface area contributed by atoms with E-state index in [1.54, 1.807) is 19.1 Å². The predicted molar refractivity (Wildman–Crippen MR) is 88.1 cm³/mol. The van der Waals surface area contributed by atoms with Crippen LogP contribution in [0.5, 0.6) is 5.75 Å². The van der Waals surface area contributed by atoms with E-state index in [2.05, 4.69) is 15.9 Å². The van der Waals surface area contributed by atoms with E-state index in [4.69, 9.17) is 9.47 Å². The molecule has 0 amide bonds. The number of carbonyl (C=O) groups excluding carboxylic acids is 1. The Morgan fingerprint density at radius 1 is 1.52 bits per heavy atom. The predicted octanol–water partition coefficient (Wildman–Crippen LogP) is 3.33. The van der Waals surface area contributed by atoms with Crippen LogP contribution in [0.3, 0.4) is 0 Å². The van der Waals surface area contributed by atoms with E-state index in [0.717, 1.165) is 10.0 Å². The topological polar surface area (TPSA) is 78.7 Å². The molecule has 0 aromatic heterocycles. The van der Waals surface area contributed by atoms with Crippen molar-refractivity contribution < 1.29 is 19.2 Å². The van der Waals surface area contributed by atoms with Gasteiger partial charge in [-0.1, -0.05) is 22.0 Å². The number of nitrogens with zero attached hydrogens (tertiary/aromatic N) is 1. The third-order valence-electron chi connectivity index (χ3n) is 3.78. The Labute approximate surface area is 142 Å². The molecule has 6 nitrogen and oxygen atoms in total. The SMILES string of the molecule is CCOC(=O)/C=C/[C@H]1[C@H](C)Oc2ccc(Br)cc2[C@@H]1C[N+](=O)[O-]. The number of esters is 1. The fraction of sp³-hybridized carbons (Fsp3) is 0.438. The molecule has 0 saturated carbocycles. The zero-order valence-corrected chi connectivity index (χ0v) is 14.5. The van der Waals surface area contributed by atoms with E-state index >= 15 is 0 Å². The van der Waals surface area contributed by atoms with Crippen molar-refractivity contribution in [1.29, 1.82) is 0 Å². The quantitative estimate of drug-likeness (QED) is 0.337. The summed E-state index contributed by atoms with van der Waals surface area (Å²) >= 11 is 3.38. The number of hydrogen-bond donors (Lipinski definition) is 0. The highest BCUT2D eigenvalue weighted by molar-refractivity contribution is 9.10. The van der Waals surface area contributed by atoms with Gasteiger partial charge in [0.25, 0.3) is 0 Å². The largest absolute Gasteiger partial charge is 0.490 e. The lowest BCUT2D eigenvalue weighted by Gasteiger charge is -2.35. The first-order valence-corrected chi connectivity index (χ1v) is 8.14. The molecule has 0 saturated heterocycles. The minimum Gasteiger partial charge on any atom is -0.490 e. The minimum atomic E-state index is -0.459. The van der Waals surface area contributed by atoms with Crippen molar-refractivity contribution in [2.75, 3.05) is 13.2 Å². The first-order valence-electron chi connectivity index (χ1n) is 7.35. The van der Waals surface area contributed by atoms with E-state index in [9.17, 15) is 14.9 Å². The van der Waals surface area contributed by atoms with Crippen LogP contribution in [0.1, 0.15) is 25.3 Å². The number of rotatable bonds is 5. The Balaban J connectivity index is 2.35. The summed E-state index contributed by atoms with van der Waals surface area (Å²) in [5.41, 5.74) is 0.771. The molecule has 1 aliphatic heterocycles. The Morgan fingerprint density at radius 2 is 2.26 bits per heavy atom. The smallest absolute Gasteiger partial charge is 0.330 e. The Kier molecular flexibility index (Phi) is 5.76. The molecule has 2 rings (SSSR count). The first-order chi connectivity index (χ1) is 10.9. The van der Waals surface area contributed by atoms with E-state index in [-0.39, 0.29) is 36.0 Å². The van der Waals surface area contributed by atoms with Crippen LogP contribution in [0.2, 0.25) is 0 Å². The van der Waals surface area contributed by atoms with Gasteiger partial charge in [0.15, 0.2) is 0 Å². The molecule has 1 aromatic carbocycles.